The number of nitrogens with zero attached hydrogens (tertiary/aromatic N) is 2. The number of rotatable bonds is 3. The number of pyridine rings is 1. The van der Waals surface area contributed by atoms with E-state index in [1.54, 1.807) is 0 Å². The zero-order valence-electron chi connectivity index (χ0n) is 9.44. The van der Waals surface area contributed by atoms with Crippen LogP contribution in [0.1, 0.15) is 16.8 Å². The first-order valence-corrected chi connectivity index (χ1v) is 5.40. The number of ether oxygens (including phenoxy) is 1. The number of aromatic nitrogens is 1. The molecule has 0 radical (unpaired) electrons. The Morgan fingerprint density at radius 3 is 2.25 bits per heavy atom. The molecule has 0 aromatic carbocycles. The molecule has 10 heteroatoms. The minimum absolute atomic E-state index is 0.194. The lowest BCUT2D eigenvalue weighted by atomic mass is 10.1. The van der Waals surface area contributed by atoms with Crippen LogP contribution >= 0.6 is 11.6 Å². The maximum Gasteiger partial charge on any atom is 0.573 e. The average molecular weight is 319 g/mol. The van der Waals surface area contributed by atoms with Crippen LogP contribution in [-0.2, 0) is 18.5 Å². The largest absolute Gasteiger partial charge is 0.573 e. The molecule has 1 rings (SSSR count). The first-order valence-electron chi connectivity index (χ1n) is 4.86. The highest BCUT2D eigenvalue weighted by Crippen LogP contribution is 2.41. The molecule has 0 saturated carbocycles. The monoisotopic (exact) mass is 318 g/mol. The van der Waals surface area contributed by atoms with Gasteiger partial charge in [0.05, 0.1) is 24.1 Å². The van der Waals surface area contributed by atoms with Crippen LogP contribution in [0.3, 0.4) is 0 Å². The number of nitriles is 1. The predicted octanol–water partition coefficient (Wildman–Crippen LogP) is 3.80. The third kappa shape index (κ3) is 3.90. The highest BCUT2D eigenvalue weighted by molar-refractivity contribution is 6.17. The first kappa shape index (κ1) is 16.4. The molecule has 0 amide bonds. The summed E-state index contributed by atoms with van der Waals surface area (Å²) in [6.45, 7) is 0. The average Bonchev–Trinajstić information content (AvgIpc) is 2.27. The summed E-state index contributed by atoms with van der Waals surface area (Å²) in [7, 11) is 0. The fraction of sp³-hybridized carbons (Fsp3) is 0.400. The van der Waals surface area contributed by atoms with E-state index in [1.165, 1.54) is 6.07 Å². The molecule has 0 aliphatic heterocycles. The summed E-state index contributed by atoms with van der Waals surface area (Å²) in [6.07, 6.45) is -11.0. The van der Waals surface area contributed by atoms with Crippen molar-refractivity contribution in [1.29, 1.82) is 5.26 Å². The fourth-order valence-corrected chi connectivity index (χ4v) is 1.61. The molecule has 0 aliphatic rings. The Balaban J connectivity index is 3.55. The van der Waals surface area contributed by atoms with Crippen LogP contribution in [0.5, 0.6) is 5.75 Å². The van der Waals surface area contributed by atoms with Crippen LogP contribution in [-0.4, -0.2) is 11.3 Å². The van der Waals surface area contributed by atoms with Crippen molar-refractivity contribution in [3.05, 3.63) is 23.0 Å². The van der Waals surface area contributed by atoms with Gasteiger partial charge in [0.25, 0.3) is 0 Å². The third-order valence-electron chi connectivity index (χ3n) is 2.12. The van der Waals surface area contributed by atoms with E-state index in [4.69, 9.17) is 16.9 Å². The van der Waals surface area contributed by atoms with Crippen molar-refractivity contribution in [3.8, 4) is 11.8 Å². The van der Waals surface area contributed by atoms with Gasteiger partial charge in [0.2, 0.25) is 0 Å². The van der Waals surface area contributed by atoms with Crippen molar-refractivity contribution in [2.45, 2.75) is 24.8 Å². The number of halogens is 7. The minimum atomic E-state index is -5.34. The van der Waals surface area contributed by atoms with Crippen molar-refractivity contribution in [1.82, 2.24) is 4.98 Å². The molecule has 0 unspecified atom stereocenters. The molecule has 0 spiro atoms. The second-order valence-corrected chi connectivity index (χ2v) is 3.71. The van der Waals surface area contributed by atoms with Gasteiger partial charge in [-0.15, -0.1) is 24.8 Å². The highest BCUT2D eigenvalue weighted by atomic mass is 35.5. The summed E-state index contributed by atoms with van der Waals surface area (Å²) < 4.78 is 78.2. The Labute approximate surface area is 113 Å². The number of alkyl halides is 7. The van der Waals surface area contributed by atoms with Crippen LogP contribution in [0.25, 0.3) is 0 Å². The molecule has 1 heterocycles. The molecule has 110 valence electrons. The van der Waals surface area contributed by atoms with Crippen LogP contribution in [0.4, 0.5) is 26.3 Å². The molecule has 0 N–H and O–H groups in total. The van der Waals surface area contributed by atoms with Crippen molar-refractivity contribution in [2.75, 3.05) is 0 Å². The Bertz CT molecular complexity index is 534. The number of hydrogen-bond acceptors (Lipinski definition) is 3. The van der Waals surface area contributed by atoms with Gasteiger partial charge in [-0.1, -0.05) is 0 Å². The fourth-order valence-electron chi connectivity index (χ4n) is 1.38. The SMILES string of the molecule is N#CCc1c(CCl)ncc(C(F)(F)F)c1OC(F)(F)F. The van der Waals surface area contributed by atoms with Crippen molar-refractivity contribution in [2.24, 2.45) is 0 Å². The second kappa shape index (κ2) is 5.75. The summed E-state index contributed by atoms with van der Waals surface area (Å²) >= 11 is 5.39. The zero-order chi connectivity index (χ0) is 15.6. The molecule has 1 aromatic rings. The maximum atomic E-state index is 12.7. The van der Waals surface area contributed by atoms with Crippen LogP contribution in [0.2, 0.25) is 0 Å². The van der Waals surface area contributed by atoms with E-state index in [-0.39, 0.29) is 11.9 Å². The van der Waals surface area contributed by atoms with Gasteiger partial charge in [-0.05, 0) is 0 Å². The molecule has 20 heavy (non-hydrogen) atoms. The maximum absolute atomic E-state index is 12.7. The van der Waals surface area contributed by atoms with E-state index in [1.807, 2.05) is 0 Å². The molecule has 0 saturated heterocycles. The van der Waals surface area contributed by atoms with E-state index in [2.05, 4.69) is 9.72 Å². The highest BCUT2D eigenvalue weighted by Gasteiger charge is 2.41. The molecule has 0 fully saturated rings. The van der Waals surface area contributed by atoms with Crippen LogP contribution in [0, 0.1) is 11.3 Å². The molecular weight excluding hydrogens is 314 g/mol. The first-order chi connectivity index (χ1) is 9.10. The standard InChI is InChI=1S/C10H5ClF6N2O/c11-3-7-5(1-2-18)8(20-10(15,16)17)6(4-19-7)9(12,13)14/h4H,1,3H2. The summed E-state index contributed by atoms with van der Waals surface area (Å²) in [4.78, 5) is 3.32. The lowest BCUT2D eigenvalue weighted by Crippen LogP contribution is -2.22. The number of hydrogen-bond donors (Lipinski definition) is 0. The zero-order valence-corrected chi connectivity index (χ0v) is 10.2. The Hall–Kier alpha value is -1.69. The third-order valence-corrected chi connectivity index (χ3v) is 2.38. The lowest BCUT2D eigenvalue weighted by Gasteiger charge is -2.19. The lowest BCUT2D eigenvalue weighted by molar-refractivity contribution is -0.276. The van der Waals surface area contributed by atoms with Crippen LogP contribution < -0.4 is 4.74 Å². The van der Waals surface area contributed by atoms with E-state index < -0.39 is 41.7 Å². The topological polar surface area (TPSA) is 45.9 Å². The molecule has 0 aliphatic carbocycles. The Kier molecular flexibility index (Phi) is 4.70. The predicted molar refractivity (Wildman–Crippen MR) is 54.8 cm³/mol. The minimum Gasteiger partial charge on any atom is -0.405 e. The van der Waals surface area contributed by atoms with Gasteiger partial charge < -0.3 is 4.74 Å². The van der Waals surface area contributed by atoms with Crippen molar-refractivity contribution in [3.63, 3.8) is 0 Å². The van der Waals surface area contributed by atoms with Gasteiger partial charge in [-0.25, -0.2) is 0 Å². The molecule has 3 nitrogen and oxygen atoms in total. The van der Waals surface area contributed by atoms with Crippen molar-refractivity contribution < 1.29 is 31.1 Å². The Morgan fingerprint density at radius 1 is 1.25 bits per heavy atom. The van der Waals surface area contributed by atoms with Gasteiger partial charge in [-0.3, -0.25) is 4.98 Å². The Morgan fingerprint density at radius 2 is 1.85 bits per heavy atom. The molecule has 0 bridgehead atoms. The van der Waals surface area contributed by atoms with E-state index >= 15 is 0 Å². The second-order valence-electron chi connectivity index (χ2n) is 3.44. The summed E-state index contributed by atoms with van der Waals surface area (Å²) in [5.74, 6) is -1.94. The van der Waals surface area contributed by atoms with Gasteiger partial charge in [0.15, 0.2) is 0 Å². The van der Waals surface area contributed by atoms with Gasteiger partial charge >= 0.3 is 12.5 Å². The van der Waals surface area contributed by atoms with E-state index in [0.717, 1.165) is 0 Å². The van der Waals surface area contributed by atoms with Gasteiger partial charge in [0.1, 0.15) is 11.3 Å². The quantitative estimate of drug-likeness (QED) is 0.629. The summed E-state index contributed by atoms with van der Waals surface area (Å²) in [6, 6.07) is 1.45. The van der Waals surface area contributed by atoms with E-state index in [0.29, 0.717) is 0 Å². The molecule has 0 atom stereocenters. The van der Waals surface area contributed by atoms with Gasteiger partial charge in [-0.2, -0.15) is 18.4 Å². The van der Waals surface area contributed by atoms with Crippen LogP contribution in [0.15, 0.2) is 6.20 Å². The molecule has 1 aromatic heterocycles. The van der Waals surface area contributed by atoms with Gasteiger partial charge in [0, 0.05) is 11.8 Å². The van der Waals surface area contributed by atoms with Crippen molar-refractivity contribution >= 4 is 11.6 Å². The van der Waals surface area contributed by atoms with E-state index in [9.17, 15) is 26.3 Å². The summed E-state index contributed by atoms with van der Waals surface area (Å²) in [5, 5.41) is 8.52. The smallest absolute Gasteiger partial charge is 0.405 e. The normalized spacial score (nSPS) is 12.1. The summed E-state index contributed by atoms with van der Waals surface area (Å²) in [5.41, 5.74) is -2.62. The molecular formula is C10H5ClF6N2O.